The van der Waals surface area contributed by atoms with Crippen LogP contribution in [0, 0.1) is 0 Å². The number of esters is 1. The molecule has 1 aliphatic heterocycles. The van der Waals surface area contributed by atoms with Crippen molar-refractivity contribution in [1.29, 1.82) is 0 Å². The third-order valence-corrected chi connectivity index (χ3v) is 4.73. The summed E-state index contributed by atoms with van der Waals surface area (Å²) >= 11 is 0. The molecule has 1 heterocycles. The van der Waals surface area contributed by atoms with Gasteiger partial charge in [0, 0.05) is 31.4 Å². The zero-order chi connectivity index (χ0) is 17.3. The van der Waals surface area contributed by atoms with Gasteiger partial charge in [-0.1, -0.05) is 24.3 Å². The Bertz CT molecular complexity index is 801. The van der Waals surface area contributed by atoms with Gasteiger partial charge in [0.1, 0.15) is 6.61 Å². The van der Waals surface area contributed by atoms with Crippen LogP contribution in [-0.4, -0.2) is 36.9 Å². The van der Waals surface area contributed by atoms with E-state index in [1.54, 1.807) is 7.05 Å². The number of amides is 1. The molecule has 2 aromatic rings. The highest BCUT2D eigenvalue weighted by atomic mass is 16.5. The SMILES string of the molecule is CNC(=O)C[C@@H](C)N(C)Cc1ccc2c3c(cccc13)C(=O)OC2. The Morgan fingerprint density at radius 1 is 1.33 bits per heavy atom. The molecule has 0 unspecified atom stereocenters. The van der Waals surface area contributed by atoms with Crippen LogP contribution in [0.3, 0.4) is 0 Å². The summed E-state index contributed by atoms with van der Waals surface area (Å²) in [7, 11) is 3.66. The first-order valence-electron chi connectivity index (χ1n) is 8.12. The molecule has 24 heavy (non-hydrogen) atoms. The lowest BCUT2D eigenvalue weighted by molar-refractivity contribution is -0.121. The molecule has 0 saturated heterocycles. The quantitative estimate of drug-likeness (QED) is 0.858. The van der Waals surface area contributed by atoms with E-state index in [0.29, 0.717) is 25.1 Å². The number of nitrogens with one attached hydrogen (secondary N) is 1. The van der Waals surface area contributed by atoms with Crippen LogP contribution < -0.4 is 5.32 Å². The summed E-state index contributed by atoms with van der Waals surface area (Å²) in [5.74, 6) is -0.222. The standard InChI is InChI=1S/C19H22N2O3/c1-12(9-17(22)20-2)21(3)10-13-7-8-14-11-24-19(23)16-6-4-5-15(13)18(14)16/h4-8,12H,9-11H2,1-3H3,(H,20,22)/t12-/m1/s1. The largest absolute Gasteiger partial charge is 0.457 e. The van der Waals surface area contributed by atoms with Crippen LogP contribution in [-0.2, 0) is 22.7 Å². The first kappa shape index (κ1) is 16.5. The van der Waals surface area contributed by atoms with Crippen molar-refractivity contribution in [2.24, 2.45) is 0 Å². The maximum absolute atomic E-state index is 12.0. The number of carbonyl (C=O) groups excluding carboxylic acids is 2. The lowest BCUT2D eigenvalue weighted by atomic mass is 9.94. The highest BCUT2D eigenvalue weighted by Crippen LogP contribution is 2.31. The molecule has 1 amide bonds. The van der Waals surface area contributed by atoms with Crippen molar-refractivity contribution in [2.75, 3.05) is 14.1 Å². The second-order valence-corrected chi connectivity index (χ2v) is 6.33. The number of benzene rings is 2. The van der Waals surface area contributed by atoms with Crippen LogP contribution >= 0.6 is 0 Å². The monoisotopic (exact) mass is 326 g/mol. The molecule has 3 rings (SSSR count). The van der Waals surface area contributed by atoms with Gasteiger partial charge in [0.25, 0.3) is 0 Å². The van der Waals surface area contributed by atoms with Crippen molar-refractivity contribution in [3.05, 3.63) is 47.0 Å². The van der Waals surface area contributed by atoms with E-state index in [1.807, 2.05) is 38.2 Å². The Morgan fingerprint density at radius 3 is 2.88 bits per heavy atom. The van der Waals surface area contributed by atoms with Crippen molar-refractivity contribution in [2.45, 2.75) is 32.5 Å². The normalized spacial score (nSPS) is 14.6. The minimum absolute atomic E-state index is 0.0361. The van der Waals surface area contributed by atoms with E-state index < -0.39 is 0 Å². The zero-order valence-corrected chi connectivity index (χ0v) is 14.3. The molecule has 0 radical (unpaired) electrons. The highest BCUT2D eigenvalue weighted by molar-refractivity contribution is 6.08. The fourth-order valence-electron chi connectivity index (χ4n) is 3.14. The molecule has 0 bridgehead atoms. The van der Waals surface area contributed by atoms with Crippen LogP contribution in [0.2, 0.25) is 0 Å². The average Bonchev–Trinajstić information content (AvgIpc) is 2.59. The van der Waals surface area contributed by atoms with Crippen molar-refractivity contribution in [3.63, 3.8) is 0 Å². The molecule has 5 heteroatoms. The number of hydrogen-bond donors (Lipinski definition) is 1. The van der Waals surface area contributed by atoms with Gasteiger partial charge in [0.2, 0.25) is 5.91 Å². The summed E-state index contributed by atoms with van der Waals surface area (Å²) in [6, 6.07) is 10.0. The van der Waals surface area contributed by atoms with Gasteiger partial charge in [-0.05, 0) is 36.6 Å². The van der Waals surface area contributed by atoms with Gasteiger partial charge >= 0.3 is 5.97 Å². The molecule has 0 spiro atoms. The topological polar surface area (TPSA) is 58.6 Å². The summed E-state index contributed by atoms with van der Waals surface area (Å²) in [4.78, 5) is 25.7. The van der Waals surface area contributed by atoms with Gasteiger partial charge in [0.05, 0.1) is 5.56 Å². The summed E-state index contributed by atoms with van der Waals surface area (Å²) in [6.45, 7) is 3.08. The first-order chi connectivity index (χ1) is 11.5. The van der Waals surface area contributed by atoms with Gasteiger partial charge in [0.15, 0.2) is 0 Å². The van der Waals surface area contributed by atoms with Gasteiger partial charge in [-0.15, -0.1) is 0 Å². The third kappa shape index (κ3) is 2.99. The van der Waals surface area contributed by atoms with E-state index in [4.69, 9.17) is 4.74 Å². The maximum atomic E-state index is 12.0. The second-order valence-electron chi connectivity index (χ2n) is 6.33. The minimum atomic E-state index is -0.258. The zero-order valence-electron chi connectivity index (χ0n) is 14.3. The predicted octanol–water partition coefficient (Wildman–Crippen LogP) is 2.47. The Morgan fingerprint density at radius 2 is 2.12 bits per heavy atom. The lowest BCUT2D eigenvalue weighted by Gasteiger charge is -2.26. The first-order valence-corrected chi connectivity index (χ1v) is 8.12. The smallest absolute Gasteiger partial charge is 0.339 e. The van der Waals surface area contributed by atoms with Crippen LogP contribution in [0.15, 0.2) is 30.3 Å². The molecular formula is C19H22N2O3. The Kier molecular flexibility index (Phi) is 4.53. The molecule has 0 fully saturated rings. The lowest BCUT2D eigenvalue weighted by Crippen LogP contribution is -2.33. The maximum Gasteiger partial charge on any atom is 0.339 e. The molecular weight excluding hydrogens is 304 g/mol. The van der Waals surface area contributed by atoms with E-state index in [9.17, 15) is 9.59 Å². The van der Waals surface area contributed by atoms with E-state index >= 15 is 0 Å². The Balaban J connectivity index is 1.92. The Labute approximate surface area is 141 Å². The fourth-order valence-corrected chi connectivity index (χ4v) is 3.14. The number of ether oxygens (including phenoxy) is 1. The number of nitrogens with zero attached hydrogens (tertiary/aromatic N) is 1. The predicted molar refractivity (Wildman–Crippen MR) is 92.7 cm³/mol. The summed E-state index contributed by atoms with van der Waals surface area (Å²) in [5.41, 5.74) is 2.83. The molecule has 2 aromatic carbocycles. The van der Waals surface area contributed by atoms with Crippen molar-refractivity contribution < 1.29 is 14.3 Å². The van der Waals surface area contributed by atoms with Gasteiger partial charge in [-0.25, -0.2) is 4.79 Å². The fraction of sp³-hybridized carbons (Fsp3) is 0.368. The Hall–Kier alpha value is -2.40. The van der Waals surface area contributed by atoms with Crippen LogP contribution in [0.5, 0.6) is 0 Å². The number of hydrogen-bond acceptors (Lipinski definition) is 4. The number of cyclic esters (lactones) is 1. The van der Waals surface area contributed by atoms with E-state index in [-0.39, 0.29) is 17.9 Å². The third-order valence-electron chi connectivity index (χ3n) is 4.73. The molecule has 5 nitrogen and oxygen atoms in total. The van der Waals surface area contributed by atoms with Crippen LogP contribution in [0.25, 0.3) is 10.8 Å². The second kappa shape index (κ2) is 6.61. The minimum Gasteiger partial charge on any atom is -0.457 e. The summed E-state index contributed by atoms with van der Waals surface area (Å²) < 4.78 is 5.22. The molecule has 0 saturated carbocycles. The van der Waals surface area contributed by atoms with Crippen LogP contribution in [0.4, 0.5) is 0 Å². The molecule has 1 aliphatic rings. The van der Waals surface area contributed by atoms with Crippen molar-refractivity contribution in [3.8, 4) is 0 Å². The van der Waals surface area contributed by atoms with Gasteiger partial charge in [-0.3, -0.25) is 9.69 Å². The van der Waals surface area contributed by atoms with E-state index in [2.05, 4.69) is 16.3 Å². The molecule has 0 aromatic heterocycles. The van der Waals surface area contributed by atoms with E-state index in [0.717, 1.165) is 21.9 Å². The number of rotatable bonds is 5. The van der Waals surface area contributed by atoms with Gasteiger partial charge < -0.3 is 10.1 Å². The molecule has 1 atom stereocenters. The molecule has 0 aliphatic carbocycles. The average molecular weight is 326 g/mol. The molecule has 126 valence electrons. The number of carbonyl (C=O) groups is 2. The summed E-state index contributed by atoms with van der Waals surface area (Å²) in [6.07, 6.45) is 0.459. The van der Waals surface area contributed by atoms with E-state index in [1.165, 1.54) is 0 Å². The summed E-state index contributed by atoms with van der Waals surface area (Å²) in [5, 5.41) is 4.74. The van der Waals surface area contributed by atoms with Crippen molar-refractivity contribution in [1.82, 2.24) is 10.2 Å². The van der Waals surface area contributed by atoms with Crippen LogP contribution in [0.1, 0.15) is 34.8 Å². The molecule has 1 N–H and O–H groups in total. The van der Waals surface area contributed by atoms with Crippen molar-refractivity contribution >= 4 is 22.6 Å². The highest BCUT2D eigenvalue weighted by Gasteiger charge is 2.22. The van der Waals surface area contributed by atoms with Gasteiger partial charge in [-0.2, -0.15) is 0 Å².